The molecule has 1 aromatic heterocycles. The number of imidazole rings is 1. The van der Waals surface area contributed by atoms with Gasteiger partial charge < -0.3 is 14.4 Å². The number of aromatic nitrogens is 2. The van der Waals surface area contributed by atoms with Crippen molar-refractivity contribution in [1.29, 1.82) is 0 Å². The normalized spacial score (nSPS) is 14.8. The molecule has 1 aliphatic heterocycles. The van der Waals surface area contributed by atoms with Crippen molar-refractivity contribution in [1.82, 2.24) is 19.4 Å². The van der Waals surface area contributed by atoms with Gasteiger partial charge >= 0.3 is 0 Å². The Bertz CT molecular complexity index is 671. The summed E-state index contributed by atoms with van der Waals surface area (Å²) in [4.78, 5) is 31.4. The summed E-state index contributed by atoms with van der Waals surface area (Å²) in [6.07, 6.45) is 5.43. The first-order valence-corrected chi connectivity index (χ1v) is 7.73. The molecule has 1 aromatic carbocycles. The summed E-state index contributed by atoms with van der Waals surface area (Å²) in [6.45, 7) is 4.71. The first kappa shape index (κ1) is 15.3. The fraction of sp³-hybridized carbons (Fsp3) is 0.353. The predicted octanol–water partition coefficient (Wildman–Crippen LogP) is 1.24. The fourth-order valence-corrected chi connectivity index (χ4v) is 2.75. The number of rotatable bonds is 3. The van der Waals surface area contributed by atoms with Gasteiger partial charge in [-0.05, 0) is 17.7 Å². The highest BCUT2D eigenvalue weighted by Crippen LogP contribution is 2.11. The third kappa shape index (κ3) is 3.59. The molecule has 2 heterocycles. The average Bonchev–Trinajstić information content (AvgIpc) is 3.08. The van der Waals surface area contributed by atoms with Crippen molar-refractivity contribution in [2.24, 2.45) is 0 Å². The summed E-state index contributed by atoms with van der Waals surface area (Å²) < 4.78 is 1.98. The van der Waals surface area contributed by atoms with Crippen molar-refractivity contribution < 1.29 is 9.59 Å². The maximum Gasteiger partial charge on any atom is 0.253 e. The largest absolute Gasteiger partial charge is 0.339 e. The van der Waals surface area contributed by atoms with Crippen molar-refractivity contribution in [2.45, 2.75) is 13.5 Å². The average molecular weight is 312 g/mol. The van der Waals surface area contributed by atoms with Gasteiger partial charge in [0.05, 0.1) is 6.33 Å². The highest BCUT2D eigenvalue weighted by molar-refractivity contribution is 5.94. The molecule has 1 aliphatic rings. The van der Waals surface area contributed by atoms with Gasteiger partial charge in [0.2, 0.25) is 5.91 Å². The molecule has 0 atom stereocenters. The van der Waals surface area contributed by atoms with Crippen LogP contribution in [-0.4, -0.2) is 57.3 Å². The lowest BCUT2D eigenvalue weighted by Crippen LogP contribution is -2.50. The summed E-state index contributed by atoms with van der Waals surface area (Å²) in [7, 11) is 0. The highest BCUT2D eigenvalue weighted by atomic mass is 16.2. The molecule has 2 aromatic rings. The molecule has 0 spiro atoms. The number of piperazine rings is 1. The summed E-state index contributed by atoms with van der Waals surface area (Å²) in [5, 5.41) is 0. The van der Waals surface area contributed by atoms with Crippen molar-refractivity contribution in [3.8, 4) is 0 Å². The van der Waals surface area contributed by atoms with E-state index in [0.29, 0.717) is 31.7 Å². The molecule has 0 radical (unpaired) electrons. The maximum absolute atomic E-state index is 12.5. The second-order valence-corrected chi connectivity index (χ2v) is 5.73. The minimum absolute atomic E-state index is 0.0300. The quantitative estimate of drug-likeness (QED) is 0.857. The highest BCUT2D eigenvalue weighted by Gasteiger charge is 2.23. The topological polar surface area (TPSA) is 58.4 Å². The molecule has 1 saturated heterocycles. The zero-order valence-corrected chi connectivity index (χ0v) is 13.2. The van der Waals surface area contributed by atoms with E-state index in [1.807, 2.05) is 39.9 Å². The number of benzene rings is 1. The van der Waals surface area contributed by atoms with Gasteiger partial charge in [-0.25, -0.2) is 4.98 Å². The summed E-state index contributed by atoms with van der Waals surface area (Å²) in [5.41, 5.74) is 1.82. The molecule has 2 amide bonds. The van der Waals surface area contributed by atoms with Crippen LogP contribution < -0.4 is 0 Å². The molecule has 0 aliphatic carbocycles. The Hall–Kier alpha value is -2.63. The summed E-state index contributed by atoms with van der Waals surface area (Å²) >= 11 is 0. The minimum atomic E-state index is 0.0300. The van der Waals surface area contributed by atoms with E-state index in [9.17, 15) is 9.59 Å². The van der Waals surface area contributed by atoms with Crippen molar-refractivity contribution in [3.05, 3.63) is 54.1 Å². The lowest BCUT2D eigenvalue weighted by Gasteiger charge is -2.34. The molecule has 0 N–H and O–H groups in total. The van der Waals surface area contributed by atoms with Gasteiger partial charge in [-0.1, -0.05) is 12.1 Å². The molecular weight excluding hydrogens is 292 g/mol. The second kappa shape index (κ2) is 6.64. The number of carbonyl (C=O) groups is 2. The fourth-order valence-electron chi connectivity index (χ4n) is 2.75. The van der Waals surface area contributed by atoms with Crippen LogP contribution in [0.5, 0.6) is 0 Å². The number of hydrogen-bond donors (Lipinski definition) is 0. The molecule has 6 nitrogen and oxygen atoms in total. The molecular formula is C17H20N4O2. The van der Waals surface area contributed by atoms with Crippen LogP contribution in [0.4, 0.5) is 0 Å². The smallest absolute Gasteiger partial charge is 0.253 e. The van der Waals surface area contributed by atoms with E-state index < -0.39 is 0 Å². The zero-order chi connectivity index (χ0) is 16.2. The monoisotopic (exact) mass is 312 g/mol. The van der Waals surface area contributed by atoms with E-state index in [0.717, 1.165) is 12.1 Å². The Morgan fingerprint density at radius 3 is 2.26 bits per heavy atom. The van der Waals surface area contributed by atoms with Gasteiger partial charge in [-0.15, -0.1) is 0 Å². The Morgan fingerprint density at radius 1 is 1.04 bits per heavy atom. The van der Waals surface area contributed by atoms with E-state index >= 15 is 0 Å². The van der Waals surface area contributed by atoms with Crippen LogP contribution in [0, 0.1) is 0 Å². The Labute approximate surface area is 135 Å². The van der Waals surface area contributed by atoms with E-state index in [-0.39, 0.29) is 11.8 Å². The van der Waals surface area contributed by atoms with Gasteiger partial charge in [0, 0.05) is 57.6 Å². The molecule has 0 unspecified atom stereocenters. The summed E-state index contributed by atoms with van der Waals surface area (Å²) in [5.74, 6) is 0.100. The van der Waals surface area contributed by atoms with E-state index in [1.165, 1.54) is 0 Å². The van der Waals surface area contributed by atoms with Crippen LogP contribution in [0.25, 0.3) is 0 Å². The lowest BCUT2D eigenvalue weighted by atomic mass is 10.1. The Kier molecular flexibility index (Phi) is 4.41. The number of hydrogen-bond acceptors (Lipinski definition) is 3. The van der Waals surface area contributed by atoms with Gasteiger partial charge in [0.1, 0.15) is 0 Å². The van der Waals surface area contributed by atoms with Crippen LogP contribution in [0.3, 0.4) is 0 Å². The zero-order valence-electron chi connectivity index (χ0n) is 13.2. The lowest BCUT2D eigenvalue weighted by molar-refractivity contribution is -0.130. The molecule has 120 valence electrons. The standard InChI is InChI=1S/C17H20N4O2/c1-14(22)20-8-10-21(11-9-20)17(23)16-4-2-15(3-5-16)12-19-7-6-18-13-19/h2-7,13H,8-12H2,1H3. The Morgan fingerprint density at radius 2 is 1.70 bits per heavy atom. The summed E-state index contributed by atoms with van der Waals surface area (Å²) in [6, 6.07) is 7.68. The molecule has 0 saturated carbocycles. The molecule has 23 heavy (non-hydrogen) atoms. The van der Waals surface area contributed by atoms with E-state index in [2.05, 4.69) is 4.98 Å². The van der Waals surface area contributed by atoms with Crippen LogP contribution in [0.2, 0.25) is 0 Å². The third-order valence-electron chi connectivity index (χ3n) is 4.14. The third-order valence-corrected chi connectivity index (χ3v) is 4.14. The second-order valence-electron chi connectivity index (χ2n) is 5.73. The van der Waals surface area contributed by atoms with Gasteiger partial charge in [0.25, 0.3) is 5.91 Å². The van der Waals surface area contributed by atoms with Crippen molar-refractivity contribution in [2.75, 3.05) is 26.2 Å². The van der Waals surface area contributed by atoms with Crippen molar-refractivity contribution >= 4 is 11.8 Å². The number of nitrogens with zero attached hydrogens (tertiary/aromatic N) is 4. The van der Waals surface area contributed by atoms with Crippen LogP contribution in [0.15, 0.2) is 43.0 Å². The van der Waals surface area contributed by atoms with Crippen molar-refractivity contribution in [3.63, 3.8) is 0 Å². The first-order valence-electron chi connectivity index (χ1n) is 7.73. The van der Waals surface area contributed by atoms with Crippen LogP contribution >= 0.6 is 0 Å². The van der Waals surface area contributed by atoms with E-state index in [1.54, 1.807) is 24.3 Å². The molecule has 3 rings (SSSR count). The van der Waals surface area contributed by atoms with Gasteiger partial charge in [-0.2, -0.15) is 0 Å². The number of carbonyl (C=O) groups excluding carboxylic acids is 2. The van der Waals surface area contributed by atoms with Crippen LogP contribution in [-0.2, 0) is 11.3 Å². The minimum Gasteiger partial charge on any atom is -0.339 e. The van der Waals surface area contributed by atoms with E-state index in [4.69, 9.17) is 0 Å². The SMILES string of the molecule is CC(=O)N1CCN(C(=O)c2ccc(Cn3ccnc3)cc2)CC1. The van der Waals surface area contributed by atoms with Gasteiger partial charge in [0.15, 0.2) is 0 Å². The number of amides is 2. The van der Waals surface area contributed by atoms with Crippen LogP contribution in [0.1, 0.15) is 22.8 Å². The first-order chi connectivity index (χ1) is 11.1. The Balaban J connectivity index is 1.61. The predicted molar refractivity (Wildman–Crippen MR) is 85.9 cm³/mol. The van der Waals surface area contributed by atoms with Gasteiger partial charge in [-0.3, -0.25) is 9.59 Å². The molecule has 6 heteroatoms. The molecule has 0 bridgehead atoms. The maximum atomic E-state index is 12.5. The molecule has 1 fully saturated rings.